The van der Waals surface area contributed by atoms with Crippen LogP contribution in [0.2, 0.25) is 0 Å². The summed E-state index contributed by atoms with van der Waals surface area (Å²) in [5, 5.41) is 20.3. The van der Waals surface area contributed by atoms with Crippen molar-refractivity contribution in [2.24, 2.45) is 0 Å². The number of aromatic nitrogens is 3. The molecule has 6 nitrogen and oxygen atoms in total. The van der Waals surface area contributed by atoms with Gasteiger partial charge in [0, 0.05) is 45.1 Å². The summed E-state index contributed by atoms with van der Waals surface area (Å²) in [6.07, 6.45) is 4.79. The Morgan fingerprint density at radius 1 is 1.47 bits per heavy atom. The van der Waals surface area contributed by atoms with Crippen LogP contribution in [0.1, 0.15) is 25.0 Å². The van der Waals surface area contributed by atoms with E-state index in [1.54, 1.807) is 4.68 Å². The average molecular weight is 240 g/mol. The molecule has 0 saturated carbocycles. The van der Waals surface area contributed by atoms with Crippen LogP contribution in [0.4, 0.5) is 0 Å². The van der Waals surface area contributed by atoms with Gasteiger partial charge in [-0.25, -0.2) is 0 Å². The van der Waals surface area contributed by atoms with Crippen LogP contribution in [0, 0.1) is 0 Å². The molecule has 1 aliphatic heterocycles. The van der Waals surface area contributed by atoms with Crippen molar-refractivity contribution in [1.29, 1.82) is 0 Å². The smallest absolute Gasteiger partial charge is 0.0964 e. The van der Waals surface area contributed by atoms with Gasteiger partial charge in [0.2, 0.25) is 0 Å². The van der Waals surface area contributed by atoms with Crippen molar-refractivity contribution in [1.82, 2.24) is 20.3 Å². The number of aryl methyl sites for hydroxylation is 1. The van der Waals surface area contributed by atoms with E-state index >= 15 is 0 Å². The van der Waals surface area contributed by atoms with Crippen molar-refractivity contribution < 1.29 is 9.84 Å². The zero-order chi connectivity index (χ0) is 11.9. The van der Waals surface area contributed by atoms with Crippen molar-refractivity contribution in [2.75, 3.05) is 19.8 Å². The standard InChI is InChI=1S/C11H20N4O2/c16-5-1-4-15-9-11(13-14-15)8-12-10-2-6-17-7-3-10/h9-10,12,16H,1-8H2. The van der Waals surface area contributed by atoms with Crippen LogP contribution in [-0.2, 0) is 17.8 Å². The maximum atomic E-state index is 8.72. The molecular weight excluding hydrogens is 220 g/mol. The van der Waals surface area contributed by atoms with Gasteiger partial charge in [0.25, 0.3) is 0 Å². The molecule has 96 valence electrons. The van der Waals surface area contributed by atoms with E-state index in [1.165, 1.54) is 0 Å². The topological polar surface area (TPSA) is 72.2 Å². The van der Waals surface area contributed by atoms with Gasteiger partial charge in [0.15, 0.2) is 0 Å². The lowest BCUT2D eigenvalue weighted by Gasteiger charge is -2.22. The van der Waals surface area contributed by atoms with E-state index < -0.39 is 0 Å². The van der Waals surface area contributed by atoms with Crippen LogP contribution in [-0.4, -0.2) is 46.0 Å². The highest BCUT2D eigenvalue weighted by molar-refractivity contribution is 4.92. The molecule has 1 saturated heterocycles. The third kappa shape index (κ3) is 4.07. The van der Waals surface area contributed by atoms with Crippen LogP contribution in [0.5, 0.6) is 0 Å². The number of aliphatic hydroxyl groups is 1. The molecule has 2 rings (SSSR count). The van der Waals surface area contributed by atoms with Crippen molar-refractivity contribution in [2.45, 2.75) is 38.4 Å². The summed E-state index contributed by atoms with van der Waals surface area (Å²) in [6, 6.07) is 0.534. The van der Waals surface area contributed by atoms with Crippen LogP contribution >= 0.6 is 0 Å². The summed E-state index contributed by atoms with van der Waals surface area (Å²) in [5.74, 6) is 0. The largest absolute Gasteiger partial charge is 0.396 e. The first-order valence-corrected chi connectivity index (χ1v) is 6.19. The Morgan fingerprint density at radius 3 is 3.06 bits per heavy atom. The van der Waals surface area contributed by atoms with Crippen LogP contribution in [0.25, 0.3) is 0 Å². The summed E-state index contributed by atoms with van der Waals surface area (Å²) in [6.45, 7) is 3.36. The Hall–Kier alpha value is -0.980. The normalized spacial score (nSPS) is 17.5. The zero-order valence-electron chi connectivity index (χ0n) is 10.0. The molecule has 6 heteroatoms. The molecule has 0 spiro atoms. The Balaban J connectivity index is 1.72. The lowest BCUT2D eigenvalue weighted by molar-refractivity contribution is 0.0775. The molecule has 0 unspecified atom stereocenters. The molecule has 0 aliphatic carbocycles. The van der Waals surface area contributed by atoms with E-state index in [0.717, 1.165) is 51.3 Å². The second-order valence-electron chi connectivity index (χ2n) is 4.32. The van der Waals surface area contributed by atoms with Crippen LogP contribution in [0.15, 0.2) is 6.20 Å². The van der Waals surface area contributed by atoms with Gasteiger partial charge in [-0.15, -0.1) is 5.10 Å². The molecule has 0 amide bonds. The van der Waals surface area contributed by atoms with Crippen molar-refractivity contribution in [3.05, 3.63) is 11.9 Å². The summed E-state index contributed by atoms with van der Waals surface area (Å²) in [5.41, 5.74) is 0.953. The first-order chi connectivity index (χ1) is 8.38. The quantitative estimate of drug-likeness (QED) is 0.728. The molecule has 0 bridgehead atoms. The minimum absolute atomic E-state index is 0.190. The first-order valence-electron chi connectivity index (χ1n) is 6.19. The van der Waals surface area contributed by atoms with Gasteiger partial charge >= 0.3 is 0 Å². The van der Waals surface area contributed by atoms with Crippen molar-refractivity contribution in [3.8, 4) is 0 Å². The lowest BCUT2D eigenvalue weighted by atomic mass is 10.1. The zero-order valence-corrected chi connectivity index (χ0v) is 10.0. The van der Waals surface area contributed by atoms with Crippen LogP contribution < -0.4 is 5.32 Å². The molecule has 17 heavy (non-hydrogen) atoms. The molecule has 0 radical (unpaired) electrons. The van der Waals surface area contributed by atoms with E-state index in [9.17, 15) is 0 Å². The highest BCUT2D eigenvalue weighted by Gasteiger charge is 2.13. The second-order valence-corrected chi connectivity index (χ2v) is 4.32. The number of hydrogen-bond donors (Lipinski definition) is 2. The maximum absolute atomic E-state index is 8.72. The van der Waals surface area contributed by atoms with Gasteiger partial charge in [-0.1, -0.05) is 5.21 Å². The first kappa shape index (κ1) is 12.5. The fraction of sp³-hybridized carbons (Fsp3) is 0.818. The van der Waals surface area contributed by atoms with Gasteiger partial charge < -0.3 is 15.2 Å². The number of nitrogens with one attached hydrogen (secondary N) is 1. The van der Waals surface area contributed by atoms with Gasteiger partial charge in [0.05, 0.1) is 5.69 Å². The molecular formula is C11H20N4O2. The summed E-state index contributed by atoms with van der Waals surface area (Å²) in [7, 11) is 0. The summed E-state index contributed by atoms with van der Waals surface area (Å²) < 4.78 is 7.08. The van der Waals surface area contributed by atoms with Gasteiger partial charge in [0.1, 0.15) is 0 Å². The molecule has 1 aliphatic rings. The summed E-state index contributed by atoms with van der Waals surface area (Å²) in [4.78, 5) is 0. The Morgan fingerprint density at radius 2 is 2.29 bits per heavy atom. The SMILES string of the molecule is OCCCn1cc(CNC2CCOCC2)nn1. The minimum Gasteiger partial charge on any atom is -0.396 e. The third-order valence-electron chi connectivity index (χ3n) is 2.92. The number of nitrogens with zero attached hydrogens (tertiary/aromatic N) is 3. The minimum atomic E-state index is 0.190. The highest BCUT2D eigenvalue weighted by Crippen LogP contribution is 2.06. The number of ether oxygens (including phenoxy) is 1. The van der Waals surface area contributed by atoms with Gasteiger partial charge in [-0.2, -0.15) is 0 Å². The van der Waals surface area contributed by atoms with E-state index in [0.29, 0.717) is 6.04 Å². The highest BCUT2D eigenvalue weighted by atomic mass is 16.5. The predicted molar refractivity (Wildman–Crippen MR) is 62.4 cm³/mol. The Bertz CT molecular complexity index is 323. The summed E-state index contributed by atoms with van der Waals surface area (Å²) >= 11 is 0. The van der Waals surface area contributed by atoms with Crippen molar-refractivity contribution >= 4 is 0 Å². The Kier molecular flexibility index (Phi) is 4.90. The molecule has 0 aromatic carbocycles. The van der Waals surface area contributed by atoms with Crippen LogP contribution in [0.3, 0.4) is 0 Å². The van der Waals surface area contributed by atoms with E-state index in [2.05, 4.69) is 15.6 Å². The second kappa shape index (κ2) is 6.68. The fourth-order valence-electron chi connectivity index (χ4n) is 1.91. The Labute approximate surface area is 101 Å². The monoisotopic (exact) mass is 240 g/mol. The average Bonchev–Trinajstić information content (AvgIpc) is 2.83. The fourth-order valence-corrected chi connectivity index (χ4v) is 1.91. The van der Waals surface area contributed by atoms with Gasteiger partial charge in [-0.3, -0.25) is 4.68 Å². The number of rotatable bonds is 6. The maximum Gasteiger partial charge on any atom is 0.0964 e. The van der Waals surface area contributed by atoms with E-state index in [4.69, 9.17) is 9.84 Å². The van der Waals surface area contributed by atoms with E-state index in [-0.39, 0.29) is 6.61 Å². The lowest BCUT2D eigenvalue weighted by Crippen LogP contribution is -2.34. The third-order valence-corrected chi connectivity index (χ3v) is 2.92. The molecule has 2 heterocycles. The molecule has 1 aromatic rings. The number of hydrogen-bond acceptors (Lipinski definition) is 5. The molecule has 1 aromatic heterocycles. The van der Waals surface area contributed by atoms with E-state index in [1.807, 2.05) is 6.20 Å². The predicted octanol–water partition coefficient (Wildman–Crippen LogP) is -0.0709. The number of aliphatic hydroxyl groups excluding tert-OH is 1. The molecule has 2 N–H and O–H groups in total. The molecule has 0 atom stereocenters. The van der Waals surface area contributed by atoms with Gasteiger partial charge in [-0.05, 0) is 19.3 Å². The van der Waals surface area contributed by atoms with Crippen molar-refractivity contribution in [3.63, 3.8) is 0 Å². The molecule has 1 fully saturated rings.